The van der Waals surface area contributed by atoms with Crippen molar-refractivity contribution in [2.24, 2.45) is 0 Å². The molecule has 0 bridgehead atoms. The zero-order valence-electron chi connectivity index (χ0n) is 11.9. The Morgan fingerprint density at radius 3 is 2.74 bits per heavy atom. The minimum atomic E-state index is -0.205. The number of aryl methyl sites for hydroxylation is 1. The second-order valence-corrected chi connectivity index (χ2v) is 6.01. The Hall–Kier alpha value is -1.65. The third-order valence-electron chi connectivity index (χ3n) is 3.06. The molecule has 104 valence electrons. The Morgan fingerprint density at radius 2 is 2.00 bits per heavy atom. The predicted molar refractivity (Wildman–Crippen MR) is 75.1 cm³/mol. The van der Waals surface area contributed by atoms with Crippen molar-refractivity contribution in [2.75, 3.05) is 11.9 Å². The standard InChI is InChI=1S/C14H22N4O/c1-14(2,3)18-12(19)8-15-13-10-6-4-5-7-11(10)16-9-17-13/h9H,4-8H2,1-3H3,(H,18,19)(H,15,16,17). The van der Waals surface area contributed by atoms with Crippen LogP contribution < -0.4 is 10.6 Å². The molecule has 0 spiro atoms. The lowest BCUT2D eigenvalue weighted by Gasteiger charge is -2.21. The van der Waals surface area contributed by atoms with Crippen LogP contribution in [0.15, 0.2) is 6.33 Å². The van der Waals surface area contributed by atoms with E-state index in [1.165, 1.54) is 18.4 Å². The van der Waals surface area contributed by atoms with E-state index in [1.54, 1.807) is 6.33 Å². The zero-order chi connectivity index (χ0) is 13.9. The molecular formula is C14H22N4O. The number of carbonyl (C=O) groups excluding carboxylic acids is 1. The third-order valence-corrected chi connectivity index (χ3v) is 3.06. The Bertz CT molecular complexity index is 465. The fourth-order valence-corrected chi connectivity index (χ4v) is 2.30. The summed E-state index contributed by atoms with van der Waals surface area (Å²) >= 11 is 0. The van der Waals surface area contributed by atoms with Crippen LogP contribution in [0.2, 0.25) is 0 Å². The lowest BCUT2D eigenvalue weighted by molar-refractivity contribution is -0.120. The average Bonchev–Trinajstić information content (AvgIpc) is 2.34. The van der Waals surface area contributed by atoms with E-state index < -0.39 is 0 Å². The monoisotopic (exact) mass is 262 g/mol. The van der Waals surface area contributed by atoms with Crippen LogP contribution in [-0.4, -0.2) is 28.0 Å². The topological polar surface area (TPSA) is 66.9 Å². The first-order valence-corrected chi connectivity index (χ1v) is 6.83. The molecule has 0 unspecified atom stereocenters. The van der Waals surface area contributed by atoms with Gasteiger partial charge in [-0.05, 0) is 46.5 Å². The average molecular weight is 262 g/mol. The smallest absolute Gasteiger partial charge is 0.239 e. The second kappa shape index (κ2) is 5.55. The molecule has 2 rings (SSSR count). The summed E-state index contributed by atoms with van der Waals surface area (Å²) in [4.78, 5) is 20.4. The minimum Gasteiger partial charge on any atom is -0.361 e. The van der Waals surface area contributed by atoms with Gasteiger partial charge in [-0.2, -0.15) is 0 Å². The number of anilines is 1. The maximum atomic E-state index is 11.8. The molecule has 1 aromatic heterocycles. The summed E-state index contributed by atoms with van der Waals surface area (Å²) in [5.41, 5.74) is 2.10. The van der Waals surface area contributed by atoms with E-state index in [9.17, 15) is 4.79 Å². The number of hydrogen-bond acceptors (Lipinski definition) is 4. The van der Waals surface area contributed by atoms with Crippen molar-refractivity contribution >= 4 is 11.7 Å². The van der Waals surface area contributed by atoms with Gasteiger partial charge in [-0.25, -0.2) is 9.97 Å². The second-order valence-electron chi connectivity index (χ2n) is 6.01. The quantitative estimate of drug-likeness (QED) is 0.869. The molecule has 1 heterocycles. The number of fused-ring (bicyclic) bond motifs is 1. The third kappa shape index (κ3) is 3.91. The molecule has 0 radical (unpaired) electrons. The van der Waals surface area contributed by atoms with Crippen molar-refractivity contribution in [1.29, 1.82) is 0 Å². The predicted octanol–water partition coefficient (Wildman–Crippen LogP) is 1.68. The number of nitrogens with one attached hydrogen (secondary N) is 2. The highest BCUT2D eigenvalue weighted by atomic mass is 16.2. The molecule has 0 atom stereocenters. The van der Waals surface area contributed by atoms with E-state index >= 15 is 0 Å². The zero-order valence-corrected chi connectivity index (χ0v) is 11.9. The number of aromatic nitrogens is 2. The Balaban J connectivity index is 1.98. The summed E-state index contributed by atoms with van der Waals surface area (Å²) in [6.45, 7) is 6.16. The van der Waals surface area contributed by atoms with Gasteiger partial charge in [0.15, 0.2) is 0 Å². The molecule has 1 aliphatic rings. The van der Waals surface area contributed by atoms with Crippen LogP contribution in [-0.2, 0) is 17.6 Å². The molecule has 0 aromatic carbocycles. The Morgan fingerprint density at radius 1 is 1.26 bits per heavy atom. The van der Waals surface area contributed by atoms with Crippen LogP contribution in [0, 0.1) is 0 Å². The molecule has 0 saturated carbocycles. The van der Waals surface area contributed by atoms with Gasteiger partial charge in [0.2, 0.25) is 5.91 Å². The molecule has 19 heavy (non-hydrogen) atoms. The lowest BCUT2D eigenvalue weighted by atomic mass is 9.96. The fraction of sp³-hybridized carbons (Fsp3) is 0.643. The molecule has 0 aliphatic heterocycles. The van der Waals surface area contributed by atoms with Crippen LogP contribution >= 0.6 is 0 Å². The first-order chi connectivity index (χ1) is 8.96. The Labute approximate surface area is 114 Å². The van der Waals surface area contributed by atoms with E-state index in [2.05, 4.69) is 20.6 Å². The van der Waals surface area contributed by atoms with Crippen molar-refractivity contribution in [1.82, 2.24) is 15.3 Å². The van der Waals surface area contributed by atoms with Crippen molar-refractivity contribution in [3.63, 3.8) is 0 Å². The number of carbonyl (C=O) groups is 1. The summed E-state index contributed by atoms with van der Waals surface area (Å²) < 4.78 is 0. The van der Waals surface area contributed by atoms with E-state index in [0.717, 1.165) is 24.4 Å². The molecular weight excluding hydrogens is 240 g/mol. The summed E-state index contributed by atoms with van der Waals surface area (Å²) in [7, 11) is 0. The minimum absolute atomic E-state index is 0.0179. The van der Waals surface area contributed by atoms with Crippen molar-refractivity contribution in [3.05, 3.63) is 17.6 Å². The summed E-state index contributed by atoms with van der Waals surface area (Å²) in [5, 5.41) is 6.06. The van der Waals surface area contributed by atoms with Gasteiger partial charge in [-0.15, -0.1) is 0 Å². The normalized spacial score (nSPS) is 14.7. The van der Waals surface area contributed by atoms with E-state index in [-0.39, 0.29) is 18.0 Å². The van der Waals surface area contributed by atoms with E-state index in [4.69, 9.17) is 0 Å². The van der Waals surface area contributed by atoms with Gasteiger partial charge in [0.1, 0.15) is 12.1 Å². The maximum absolute atomic E-state index is 11.8. The van der Waals surface area contributed by atoms with Gasteiger partial charge in [0.25, 0.3) is 0 Å². The van der Waals surface area contributed by atoms with Crippen molar-refractivity contribution < 1.29 is 4.79 Å². The highest BCUT2D eigenvalue weighted by Gasteiger charge is 2.17. The lowest BCUT2D eigenvalue weighted by Crippen LogP contribution is -2.43. The number of rotatable bonds is 3. The van der Waals surface area contributed by atoms with Crippen LogP contribution in [0.5, 0.6) is 0 Å². The number of amides is 1. The van der Waals surface area contributed by atoms with Crippen molar-refractivity contribution in [3.8, 4) is 0 Å². The maximum Gasteiger partial charge on any atom is 0.239 e. The van der Waals surface area contributed by atoms with Gasteiger partial charge in [0, 0.05) is 16.8 Å². The summed E-state index contributed by atoms with van der Waals surface area (Å²) in [6.07, 6.45) is 5.95. The Kier molecular flexibility index (Phi) is 4.02. The first kappa shape index (κ1) is 13.8. The molecule has 1 aliphatic carbocycles. The van der Waals surface area contributed by atoms with Gasteiger partial charge < -0.3 is 10.6 Å². The van der Waals surface area contributed by atoms with Crippen LogP contribution in [0.4, 0.5) is 5.82 Å². The van der Waals surface area contributed by atoms with Crippen LogP contribution in [0.1, 0.15) is 44.9 Å². The molecule has 0 saturated heterocycles. The van der Waals surface area contributed by atoms with E-state index in [0.29, 0.717) is 0 Å². The van der Waals surface area contributed by atoms with Crippen LogP contribution in [0.3, 0.4) is 0 Å². The highest BCUT2D eigenvalue weighted by molar-refractivity contribution is 5.81. The van der Waals surface area contributed by atoms with Gasteiger partial charge in [0.05, 0.1) is 6.54 Å². The molecule has 2 N–H and O–H groups in total. The van der Waals surface area contributed by atoms with Gasteiger partial charge in [-0.3, -0.25) is 4.79 Å². The summed E-state index contributed by atoms with van der Waals surface area (Å²) in [6, 6.07) is 0. The molecule has 1 aromatic rings. The first-order valence-electron chi connectivity index (χ1n) is 6.83. The number of nitrogens with zero attached hydrogens (tertiary/aromatic N) is 2. The highest BCUT2D eigenvalue weighted by Crippen LogP contribution is 2.24. The van der Waals surface area contributed by atoms with Crippen molar-refractivity contribution in [2.45, 2.75) is 52.0 Å². The van der Waals surface area contributed by atoms with Gasteiger partial charge in [-0.1, -0.05) is 0 Å². The SMILES string of the molecule is CC(C)(C)NC(=O)CNc1ncnc2c1CCCC2. The van der Waals surface area contributed by atoms with Gasteiger partial charge >= 0.3 is 0 Å². The molecule has 5 nitrogen and oxygen atoms in total. The summed E-state index contributed by atoms with van der Waals surface area (Å²) in [5.74, 6) is 0.796. The largest absolute Gasteiger partial charge is 0.361 e. The molecule has 1 amide bonds. The van der Waals surface area contributed by atoms with Crippen LogP contribution in [0.25, 0.3) is 0 Å². The van der Waals surface area contributed by atoms with E-state index in [1.807, 2.05) is 20.8 Å². The molecule has 5 heteroatoms. The molecule has 0 fully saturated rings. The fourth-order valence-electron chi connectivity index (χ4n) is 2.30. The number of hydrogen-bond donors (Lipinski definition) is 2.